The molecule has 0 saturated heterocycles. The minimum atomic E-state index is -0.354. The Labute approximate surface area is 94.4 Å². The minimum Gasteiger partial charge on any atom is -0.258 e. The van der Waals surface area contributed by atoms with Crippen LogP contribution in [0.15, 0.2) is 18.2 Å². The molecule has 0 N–H and O–H groups in total. The van der Waals surface area contributed by atoms with Crippen LogP contribution in [-0.4, -0.2) is 10.7 Å². The maximum atomic E-state index is 10.7. The van der Waals surface area contributed by atoms with Crippen LogP contribution in [0.25, 0.3) is 6.08 Å². The van der Waals surface area contributed by atoms with Gasteiger partial charge in [0.15, 0.2) is 0 Å². The summed E-state index contributed by atoms with van der Waals surface area (Å²) < 4.78 is 0. The Bertz CT molecular complexity index is 413. The van der Waals surface area contributed by atoms with Gasteiger partial charge in [0, 0.05) is 17.4 Å². The average molecular weight is 223 g/mol. The van der Waals surface area contributed by atoms with Crippen LogP contribution < -0.4 is 0 Å². The van der Waals surface area contributed by atoms with E-state index in [2.05, 4.69) is 12.6 Å². The van der Waals surface area contributed by atoms with Crippen molar-refractivity contribution in [2.45, 2.75) is 13.8 Å². The second-order valence-corrected chi connectivity index (χ2v) is 3.70. The lowest BCUT2D eigenvalue weighted by molar-refractivity contribution is -0.385. The molecule has 0 heterocycles. The largest absolute Gasteiger partial charge is 0.272 e. The number of benzene rings is 1. The van der Waals surface area contributed by atoms with Crippen LogP contribution in [0, 0.1) is 24.0 Å². The fourth-order valence-electron chi connectivity index (χ4n) is 1.41. The first kappa shape index (κ1) is 11.8. The molecule has 3 nitrogen and oxygen atoms in total. The number of rotatable bonds is 3. The van der Waals surface area contributed by atoms with Crippen molar-refractivity contribution >= 4 is 24.4 Å². The molecule has 0 spiro atoms. The van der Waals surface area contributed by atoms with Gasteiger partial charge in [-0.25, -0.2) is 0 Å². The van der Waals surface area contributed by atoms with Crippen LogP contribution in [0.4, 0.5) is 5.69 Å². The molecule has 0 aliphatic carbocycles. The zero-order valence-electron chi connectivity index (χ0n) is 8.73. The number of thiol groups is 1. The van der Waals surface area contributed by atoms with E-state index in [1.54, 1.807) is 13.0 Å². The fraction of sp³-hybridized carbons (Fsp3) is 0.273. The Morgan fingerprint density at radius 2 is 2.07 bits per heavy atom. The van der Waals surface area contributed by atoms with E-state index >= 15 is 0 Å². The maximum absolute atomic E-state index is 10.7. The van der Waals surface area contributed by atoms with Crippen molar-refractivity contribution in [3.05, 3.63) is 45.0 Å². The van der Waals surface area contributed by atoms with Gasteiger partial charge >= 0.3 is 0 Å². The van der Waals surface area contributed by atoms with Gasteiger partial charge in [0.1, 0.15) is 0 Å². The van der Waals surface area contributed by atoms with Crippen molar-refractivity contribution in [2.75, 3.05) is 5.75 Å². The Hall–Kier alpha value is -1.29. The molecule has 0 bridgehead atoms. The molecule has 0 radical (unpaired) electrons. The number of nitrogens with zero attached hydrogens (tertiary/aromatic N) is 1. The summed E-state index contributed by atoms with van der Waals surface area (Å²) in [5.74, 6) is 0.626. The highest BCUT2D eigenvalue weighted by molar-refractivity contribution is 7.80. The number of hydrogen-bond donors (Lipinski definition) is 1. The summed E-state index contributed by atoms with van der Waals surface area (Å²) in [5.41, 5.74) is 2.78. The van der Waals surface area contributed by atoms with Crippen molar-refractivity contribution in [1.29, 1.82) is 0 Å². The summed E-state index contributed by atoms with van der Waals surface area (Å²) in [6.07, 6.45) is 3.72. The molecule has 1 aromatic carbocycles. The Kier molecular flexibility index (Phi) is 3.91. The third-order valence-corrected chi connectivity index (χ3v) is 2.39. The highest BCUT2D eigenvalue weighted by Crippen LogP contribution is 2.23. The number of aryl methyl sites for hydroxylation is 2. The van der Waals surface area contributed by atoms with Gasteiger partial charge in [-0.1, -0.05) is 12.2 Å². The van der Waals surface area contributed by atoms with Gasteiger partial charge in [0.25, 0.3) is 5.69 Å². The van der Waals surface area contributed by atoms with E-state index < -0.39 is 0 Å². The maximum Gasteiger partial charge on any atom is 0.272 e. The second kappa shape index (κ2) is 4.98. The first-order valence-electron chi connectivity index (χ1n) is 4.59. The van der Waals surface area contributed by atoms with Crippen LogP contribution >= 0.6 is 12.6 Å². The quantitative estimate of drug-likeness (QED) is 0.486. The molecule has 0 aromatic heterocycles. The standard InChI is InChI=1S/C11H13NO2S/c1-8-6-9(2)11(12(13)14)7-10(8)4-3-5-15/h3-4,6-7,15H,5H2,1-2H3. The molecule has 0 saturated carbocycles. The number of nitro benzene ring substituents is 1. The molecule has 0 aliphatic heterocycles. The Balaban J connectivity index is 3.23. The van der Waals surface area contributed by atoms with Crippen LogP contribution in [0.5, 0.6) is 0 Å². The highest BCUT2D eigenvalue weighted by atomic mass is 32.1. The molecule has 0 aliphatic rings. The van der Waals surface area contributed by atoms with E-state index in [1.165, 1.54) is 0 Å². The Morgan fingerprint density at radius 3 is 2.60 bits per heavy atom. The molecule has 0 fully saturated rings. The zero-order chi connectivity index (χ0) is 11.4. The minimum absolute atomic E-state index is 0.166. The van der Waals surface area contributed by atoms with Gasteiger partial charge in [-0.2, -0.15) is 12.6 Å². The number of hydrogen-bond acceptors (Lipinski definition) is 3. The molecule has 4 heteroatoms. The summed E-state index contributed by atoms with van der Waals surface area (Å²) in [6, 6.07) is 3.43. The van der Waals surface area contributed by atoms with Gasteiger partial charge in [-0.3, -0.25) is 10.1 Å². The first-order chi connectivity index (χ1) is 7.06. The second-order valence-electron chi connectivity index (χ2n) is 3.34. The lowest BCUT2D eigenvalue weighted by Crippen LogP contribution is -1.94. The van der Waals surface area contributed by atoms with Gasteiger partial charge in [-0.05, 0) is 31.0 Å². The highest BCUT2D eigenvalue weighted by Gasteiger charge is 2.11. The van der Waals surface area contributed by atoms with Crippen molar-refractivity contribution in [3.63, 3.8) is 0 Å². The zero-order valence-corrected chi connectivity index (χ0v) is 9.62. The van der Waals surface area contributed by atoms with E-state index in [1.807, 2.05) is 25.1 Å². The van der Waals surface area contributed by atoms with Crippen LogP contribution in [0.1, 0.15) is 16.7 Å². The topological polar surface area (TPSA) is 43.1 Å². The third-order valence-electron chi connectivity index (χ3n) is 2.18. The summed E-state index contributed by atoms with van der Waals surface area (Å²) in [5, 5.41) is 10.7. The predicted molar refractivity (Wildman–Crippen MR) is 65.5 cm³/mol. The third kappa shape index (κ3) is 2.83. The molecule has 1 aromatic rings. The summed E-state index contributed by atoms with van der Waals surface area (Å²) in [6.45, 7) is 3.69. The average Bonchev–Trinajstić information content (AvgIpc) is 2.16. The van der Waals surface area contributed by atoms with Crippen molar-refractivity contribution in [3.8, 4) is 0 Å². The van der Waals surface area contributed by atoms with E-state index in [4.69, 9.17) is 0 Å². The lowest BCUT2D eigenvalue weighted by Gasteiger charge is -2.03. The smallest absolute Gasteiger partial charge is 0.258 e. The van der Waals surface area contributed by atoms with E-state index in [9.17, 15) is 10.1 Å². The van der Waals surface area contributed by atoms with Gasteiger partial charge in [0.05, 0.1) is 4.92 Å². The summed E-state index contributed by atoms with van der Waals surface area (Å²) >= 11 is 4.05. The van der Waals surface area contributed by atoms with Crippen LogP contribution in [-0.2, 0) is 0 Å². The molecule has 0 atom stereocenters. The molecular formula is C11H13NO2S. The lowest BCUT2D eigenvalue weighted by atomic mass is 10.0. The fourth-order valence-corrected chi connectivity index (χ4v) is 1.52. The van der Waals surface area contributed by atoms with Gasteiger partial charge in [-0.15, -0.1) is 0 Å². The SMILES string of the molecule is Cc1cc(C)c([N+](=O)[O-])cc1C=CCS. The monoisotopic (exact) mass is 223 g/mol. The summed E-state index contributed by atoms with van der Waals surface area (Å²) in [7, 11) is 0. The van der Waals surface area contributed by atoms with E-state index in [0.29, 0.717) is 11.3 Å². The number of nitro groups is 1. The van der Waals surface area contributed by atoms with Crippen molar-refractivity contribution in [2.24, 2.45) is 0 Å². The summed E-state index contributed by atoms with van der Waals surface area (Å²) in [4.78, 5) is 10.4. The van der Waals surface area contributed by atoms with E-state index in [0.717, 1.165) is 11.1 Å². The molecular weight excluding hydrogens is 210 g/mol. The first-order valence-corrected chi connectivity index (χ1v) is 5.22. The Morgan fingerprint density at radius 1 is 1.40 bits per heavy atom. The molecule has 15 heavy (non-hydrogen) atoms. The molecule has 0 unspecified atom stereocenters. The van der Waals surface area contributed by atoms with Crippen LogP contribution in [0.3, 0.4) is 0 Å². The normalized spacial score (nSPS) is 10.9. The van der Waals surface area contributed by atoms with Gasteiger partial charge < -0.3 is 0 Å². The van der Waals surface area contributed by atoms with Crippen LogP contribution in [0.2, 0.25) is 0 Å². The van der Waals surface area contributed by atoms with Gasteiger partial charge in [0.2, 0.25) is 0 Å². The molecule has 80 valence electrons. The van der Waals surface area contributed by atoms with E-state index in [-0.39, 0.29) is 10.6 Å². The van der Waals surface area contributed by atoms with Crippen molar-refractivity contribution in [1.82, 2.24) is 0 Å². The molecule has 1 rings (SSSR count). The molecule has 0 amide bonds. The predicted octanol–water partition coefficient (Wildman–Crippen LogP) is 3.15. The van der Waals surface area contributed by atoms with Crippen molar-refractivity contribution < 1.29 is 4.92 Å².